The van der Waals surface area contributed by atoms with Crippen LogP contribution in [0.2, 0.25) is 0 Å². The standard InChI is InChI=1S/C12H26O4S/c1-3-5-6-7-8-9-10-11-12-17(13,14)16-15-4-2/h3-12H2,1-2H3. The molecule has 0 radical (unpaired) electrons. The van der Waals surface area contributed by atoms with E-state index in [1.807, 2.05) is 0 Å². The molecule has 0 spiro atoms. The molecule has 5 heteroatoms. The van der Waals surface area contributed by atoms with E-state index in [-0.39, 0.29) is 12.4 Å². The molecule has 104 valence electrons. The van der Waals surface area contributed by atoms with Crippen molar-refractivity contribution in [1.82, 2.24) is 0 Å². The lowest BCUT2D eigenvalue weighted by atomic mass is 10.1. The van der Waals surface area contributed by atoms with E-state index in [9.17, 15) is 8.42 Å². The lowest BCUT2D eigenvalue weighted by molar-refractivity contribution is -0.196. The molecule has 0 aromatic rings. The first kappa shape index (κ1) is 16.9. The molecule has 0 aliphatic carbocycles. The van der Waals surface area contributed by atoms with Crippen LogP contribution in [0, 0.1) is 0 Å². The minimum absolute atomic E-state index is 0.0575. The fourth-order valence-electron chi connectivity index (χ4n) is 1.57. The average Bonchev–Trinajstić information content (AvgIpc) is 2.30. The first-order valence-electron chi connectivity index (χ1n) is 6.66. The van der Waals surface area contributed by atoms with Gasteiger partial charge in [-0.1, -0.05) is 51.9 Å². The zero-order chi connectivity index (χ0) is 13.0. The van der Waals surface area contributed by atoms with Crippen molar-refractivity contribution in [2.24, 2.45) is 0 Å². The molecule has 0 aliphatic heterocycles. The molecule has 0 atom stereocenters. The second-order valence-electron chi connectivity index (χ2n) is 4.21. The van der Waals surface area contributed by atoms with E-state index in [0.717, 1.165) is 12.8 Å². The van der Waals surface area contributed by atoms with Gasteiger partial charge in [0.05, 0.1) is 12.4 Å². The summed E-state index contributed by atoms with van der Waals surface area (Å²) in [5, 5.41) is 0. The summed E-state index contributed by atoms with van der Waals surface area (Å²) in [6.45, 7) is 4.13. The molecule has 0 amide bonds. The minimum atomic E-state index is -3.47. The van der Waals surface area contributed by atoms with Gasteiger partial charge in [-0.05, 0) is 13.3 Å². The highest BCUT2D eigenvalue weighted by atomic mass is 32.2. The number of rotatable bonds is 12. The Labute approximate surface area is 106 Å². The van der Waals surface area contributed by atoms with Crippen molar-refractivity contribution in [3.63, 3.8) is 0 Å². The van der Waals surface area contributed by atoms with E-state index in [1.54, 1.807) is 6.92 Å². The maximum Gasteiger partial charge on any atom is 0.293 e. The largest absolute Gasteiger partial charge is 0.293 e. The maximum absolute atomic E-state index is 11.2. The molecule has 0 aliphatic rings. The zero-order valence-corrected chi connectivity index (χ0v) is 11.9. The Bertz CT molecular complexity index is 249. The van der Waals surface area contributed by atoms with Crippen LogP contribution in [-0.4, -0.2) is 20.8 Å². The third-order valence-corrected chi connectivity index (χ3v) is 3.61. The van der Waals surface area contributed by atoms with Gasteiger partial charge in [0.25, 0.3) is 10.1 Å². The molecule has 0 unspecified atom stereocenters. The Morgan fingerprint density at radius 1 is 0.824 bits per heavy atom. The highest BCUT2D eigenvalue weighted by Gasteiger charge is 2.11. The monoisotopic (exact) mass is 266 g/mol. The van der Waals surface area contributed by atoms with Gasteiger partial charge in [0, 0.05) is 0 Å². The molecular formula is C12H26O4S. The summed E-state index contributed by atoms with van der Waals surface area (Å²) in [6.07, 6.45) is 9.02. The highest BCUT2D eigenvalue weighted by molar-refractivity contribution is 7.86. The van der Waals surface area contributed by atoms with Crippen LogP contribution in [-0.2, 0) is 19.3 Å². The van der Waals surface area contributed by atoms with Crippen LogP contribution in [0.15, 0.2) is 0 Å². The van der Waals surface area contributed by atoms with Crippen molar-refractivity contribution in [3.05, 3.63) is 0 Å². The number of hydrogen-bond acceptors (Lipinski definition) is 4. The van der Waals surface area contributed by atoms with Crippen LogP contribution in [0.4, 0.5) is 0 Å². The quantitative estimate of drug-likeness (QED) is 0.308. The minimum Gasteiger partial charge on any atom is -0.220 e. The second-order valence-corrected chi connectivity index (χ2v) is 5.87. The van der Waals surface area contributed by atoms with Crippen LogP contribution < -0.4 is 0 Å². The van der Waals surface area contributed by atoms with Crippen LogP contribution in [0.25, 0.3) is 0 Å². The van der Waals surface area contributed by atoms with Crippen LogP contribution in [0.5, 0.6) is 0 Å². The van der Waals surface area contributed by atoms with E-state index in [2.05, 4.69) is 16.1 Å². The Balaban J connectivity index is 3.32. The summed E-state index contributed by atoms with van der Waals surface area (Å²) in [7, 11) is -3.47. The molecule has 0 fully saturated rings. The van der Waals surface area contributed by atoms with Gasteiger partial charge in [0.15, 0.2) is 0 Å². The molecule has 0 rings (SSSR count). The first-order valence-corrected chi connectivity index (χ1v) is 8.24. The normalized spacial score (nSPS) is 11.9. The highest BCUT2D eigenvalue weighted by Crippen LogP contribution is 2.09. The van der Waals surface area contributed by atoms with Crippen molar-refractivity contribution >= 4 is 10.1 Å². The van der Waals surface area contributed by atoms with Gasteiger partial charge in [-0.3, -0.25) is 0 Å². The van der Waals surface area contributed by atoms with Crippen molar-refractivity contribution in [3.8, 4) is 0 Å². The first-order chi connectivity index (χ1) is 8.12. The number of hydrogen-bond donors (Lipinski definition) is 0. The molecule has 0 heterocycles. The molecule has 0 aromatic heterocycles. The van der Waals surface area contributed by atoms with E-state index >= 15 is 0 Å². The Kier molecular flexibility index (Phi) is 10.9. The maximum atomic E-state index is 11.2. The van der Waals surface area contributed by atoms with Gasteiger partial charge in [0.2, 0.25) is 0 Å². The van der Waals surface area contributed by atoms with Gasteiger partial charge >= 0.3 is 0 Å². The summed E-state index contributed by atoms with van der Waals surface area (Å²) in [5.41, 5.74) is 0. The van der Waals surface area contributed by atoms with Crippen LogP contribution >= 0.6 is 0 Å². The lowest BCUT2D eigenvalue weighted by Gasteiger charge is -2.03. The fourth-order valence-corrected chi connectivity index (χ4v) is 2.44. The van der Waals surface area contributed by atoms with E-state index in [1.165, 1.54) is 32.1 Å². The number of unbranched alkanes of at least 4 members (excludes halogenated alkanes) is 7. The van der Waals surface area contributed by atoms with Crippen molar-refractivity contribution in [2.45, 2.75) is 65.2 Å². The average molecular weight is 266 g/mol. The molecule has 0 aromatic carbocycles. The van der Waals surface area contributed by atoms with Crippen molar-refractivity contribution in [1.29, 1.82) is 0 Å². The molecular weight excluding hydrogens is 240 g/mol. The Hall–Kier alpha value is -0.130. The van der Waals surface area contributed by atoms with Gasteiger partial charge < -0.3 is 0 Å². The van der Waals surface area contributed by atoms with Crippen molar-refractivity contribution in [2.75, 3.05) is 12.4 Å². The van der Waals surface area contributed by atoms with Crippen LogP contribution in [0.1, 0.15) is 65.2 Å². The SMILES string of the molecule is CCCCCCCCCCS(=O)(=O)OOCC. The molecule has 4 nitrogen and oxygen atoms in total. The lowest BCUT2D eigenvalue weighted by Crippen LogP contribution is -2.11. The van der Waals surface area contributed by atoms with Gasteiger partial charge in [0.1, 0.15) is 0 Å². The predicted molar refractivity (Wildman–Crippen MR) is 69.1 cm³/mol. The summed E-state index contributed by atoms with van der Waals surface area (Å²) in [4.78, 5) is 4.43. The molecule has 0 saturated heterocycles. The summed E-state index contributed by atoms with van der Waals surface area (Å²) >= 11 is 0. The summed E-state index contributed by atoms with van der Waals surface area (Å²) in [6, 6.07) is 0. The third kappa shape index (κ3) is 12.1. The molecule has 17 heavy (non-hydrogen) atoms. The van der Waals surface area contributed by atoms with Crippen LogP contribution in [0.3, 0.4) is 0 Å². The predicted octanol–water partition coefficient (Wildman–Crippen LogP) is 3.43. The van der Waals surface area contributed by atoms with Crippen molar-refractivity contribution < 1.29 is 17.6 Å². The molecule has 0 saturated carbocycles. The van der Waals surface area contributed by atoms with Gasteiger partial charge in [-0.25, -0.2) is 4.89 Å². The summed E-state index contributed by atoms with van der Waals surface area (Å²) < 4.78 is 26.7. The van der Waals surface area contributed by atoms with E-state index < -0.39 is 10.1 Å². The molecule has 0 bridgehead atoms. The zero-order valence-electron chi connectivity index (χ0n) is 11.1. The van der Waals surface area contributed by atoms with Gasteiger partial charge in [-0.2, -0.15) is 8.42 Å². The summed E-state index contributed by atoms with van der Waals surface area (Å²) in [5.74, 6) is 0.0575. The third-order valence-electron chi connectivity index (χ3n) is 2.52. The van der Waals surface area contributed by atoms with E-state index in [0.29, 0.717) is 6.42 Å². The second kappa shape index (κ2) is 11.0. The topological polar surface area (TPSA) is 52.6 Å². The Morgan fingerprint density at radius 2 is 1.35 bits per heavy atom. The fraction of sp³-hybridized carbons (Fsp3) is 1.00. The van der Waals surface area contributed by atoms with Gasteiger partial charge in [-0.15, -0.1) is 4.33 Å². The Morgan fingerprint density at radius 3 is 1.88 bits per heavy atom. The van der Waals surface area contributed by atoms with E-state index in [4.69, 9.17) is 0 Å². The molecule has 0 N–H and O–H groups in total. The smallest absolute Gasteiger partial charge is 0.220 e.